The molecule has 0 atom stereocenters. The first-order chi connectivity index (χ1) is 7.41. The van der Waals surface area contributed by atoms with Crippen molar-refractivity contribution in [1.29, 1.82) is 0 Å². The van der Waals surface area contributed by atoms with Crippen molar-refractivity contribution < 1.29 is 18.0 Å². The van der Waals surface area contributed by atoms with Crippen LogP contribution in [0.1, 0.15) is 5.56 Å². The highest BCUT2D eigenvalue weighted by atomic mass is 19.4. The number of hydrogen-bond donors (Lipinski definition) is 1. The number of carbonyl (C=O) groups is 1. The van der Waals surface area contributed by atoms with E-state index in [0.717, 1.165) is 10.8 Å². The molecule has 84 valence electrons. The predicted molar refractivity (Wildman–Crippen MR) is 49.7 cm³/mol. The summed E-state index contributed by atoms with van der Waals surface area (Å²) in [5.74, 6) is 0. The third kappa shape index (κ3) is 1.50. The Morgan fingerprint density at radius 1 is 1.44 bits per heavy atom. The van der Waals surface area contributed by atoms with E-state index in [4.69, 9.17) is 5.73 Å². The van der Waals surface area contributed by atoms with Gasteiger partial charge in [0, 0.05) is 17.8 Å². The lowest BCUT2D eigenvalue weighted by atomic mass is 10.2. The summed E-state index contributed by atoms with van der Waals surface area (Å²) < 4.78 is 38.6. The lowest BCUT2D eigenvalue weighted by Gasteiger charge is -2.02. The number of carbonyl (C=O) groups excluding carboxylic acids is 1. The van der Waals surface area contributed by atoms with Crippen LogP contribution in [0.5, 0.6) is 0 Å². The van der Waals surface area contributed by atoms with Crippen molar-refractivity contribution in [3.05, 3.63) is 30.2 Å². The first-order valence-corrected chi connectivity index (χ1v) is 4.23. The van der Waals surface area contributed by atoms with Crippen molar-refractivity contribution in [3.8, 4) is 0 Å². The van der Waals surface area contributed by atoms with Gasteiger partial charge in [-0.3, -0.25) is 9.55 Å². The first-order valence-electron chi connectivity index (χ1n) is 4.23. The molecule has 2 rings (SSSR count). The zero-order valence-electron chi connectivity index (χ0n) is 7.82. The Hall–Kier alpha value is -2.05. The quantitative estimate of drug-likeness (QED) is 0.750. The predicted octanol–water partition coefficient (Wildman–Crippen LogP) is 1.98. The summed E-state index contributed by atoms with van der Waals surface area (Å²) in [5, 5.41) is -0.0960. The summed E-state index contributed by atoms with van der Waals surface area (Å²) in [6.45, 7) is 0. The number of fused-ring (bicyclic) bond motifs is 1. The molecule has 1 amide bonds. The minimum Gasteiger partial charge on any atom is -0.351 e. The highest BCUT2D eigenvalue weighted by molar-refractivity contribution is 5.92. The van der Waals surface area contributed by atoms with E-state index in [1.807, 2.05) is 0 Å². The van der Waals surface area contributed by atoms with E-state index >= 15 is 0 Å². The van der Waals surface area contributed by atoms with Crippen LogP contribution >= 0.6 is 0 Å². The number of hydrogen-bond acceptors (Lipinski definition) is 2. The summed E-state index contributed by atoms with van der Waals surface area (Å²) in [5.41, 5.74) is 4.11. The average molecular weight is 229 g/mol. The molecule has 2 aromatic heterocycles. The summed E-state index contributed by atoms with van der Waals surface area (Å²) >= 11 is 0. The Morgan fingerprint density at radius 3 is 2.69 bits per heavy atom. The van der Waals surface area contributed by atoms with E-state index < -0.39 is 17.8 Å². The summed E-state index contributed by atoms with van der Waals surface area (Å²) in [6.07, 6.45) is -1.47. The van der Waals surface area contributed by atoms with Gasteiger partial charge < -0.3 is 5.73 Å². The second-order valence-corrected chi connectivity index (χ2v) is 3.14. The molecule has 2 aromatic rings. The number of nitrogens with zero attached hydrogens (tertiary/aromatic N) is 2. The Balaban J connectivity index is 2.82. The highest BCUT2D eigenvalue weighted by Gasteiger charge is 2.35. The van der Waals surface area contributed by atoms with Gasteiger partial charge in [-0.25, -0.2) is 4.79 Å². The highest BCUT2D eigenvalue weighted by Crippen LogP contribution is 2.35. The second-order valence-electron chi connectivity index (χ2n) is 3.14. The van der Waals surface area contributed by atoms with Crippen LogP contribution < -0.4 is 5.73 Å². The molecule has 0 saturated carbocycles. The molecule has 7 heteroatoms. The topological polar surface area (TPSA) is 60.9 Å². The molecule has 4 nitrogen and oxygen atoms in total. The van der Waals surface area contributed by atoms with Crippen molar-refractivity contribution in [3.63, 3.8) is 0 Å². The minimum absolute atomic E-state index is 0.0438. The minimum atomic E-state index is -4.53. The fourth-order valence-electron chi connectivity index (χ4n) is 1.48. The van der Waals surface area contributed by atoms with Crippen molar-refractivity contribution in [2.45, 2.75) is 6.18 Å². The molecule has 16 heavy (non-hydrogen) atoms. The van der Waals surface area contributed by atoms with Gasteiger partial charge in [0.2, 0.25) is 0 Å². The van der Waals surface area contributed by atoms with Crippen molar-refractivity contribution in [2.75, 3.05) is 0 Å². The van der Waals surface area contributed by atoms with Crippen molar-refractivity contribution in [1.82, 2.24) is 9.55 Å². The van der Waals surface area contributed by atoms with Crippen molar-refractivity contribution in [2.24, 2.45) is 5.73 Å². The monoisotopic (exact) mass is 229 g/mol. The number of rotatable bonds is 0. The molecule has 0 aliphatic heterocycles. The summed E-state index contributed by atoms with van der Waals surface area (Å²) in [7, 11) is 0. The maximum absolute atomic E-state index is 12.6. The van der Waals surface area contributed by atoms with Crippen LogP contribution in [-0.4, -0.2) is 15.6 Å². The maximum Gasteiger partial charge on any atom is 0.418 e. The number of halogens is 3. The Bertz CT molecular complexity index is 559. The Morgan fingerprint density at radius 2 is 2.12 bits per heavy atom. The number of primary amides is 1. The average Bonchev–Trinajstić information content (AvgIpc) is 2.56. The van der Waals surface area contributed by atoms with Crippen LogP contribution in [0.15, 0.2) is 24.7 Å². The smallest absolute Gasteiger partial charge is 0.351 e. The first kappa shape index (κ1) is 10.5. The molecule has 0 fully saturated rings. The molecule has 2 heterocycles. The third-order valence-electron chi connectivity index (χ3n) is 2.15. The van der Waals surface area contributed by atoms with Crippen LogP contribution in [0.25, 0.3) is 10.9 Å². The standard InChI is InChI=1S/C9H6F3N3O/c10-9(11,12)6-4-15(8(13)16)7-3-14-2-1-5(6)7/h1-4H,(H2,13,16). The van der Waals surface area contributed by atoms with E-state index in [1.165, 1.54) is 12.3 Å². The van der Waals surface area contributed by atoms with Crippen LogP contribution in [0.3, 0.4) is 0 Å². The largest absolute Gasteiger partial charge is 0.418 e. The number of alkyl halides is 3. The third-order valence-corrected chi connectivity index (χ3v) is 2.15. The number of pyridine rings is 1. The number of amides is 1. The van der Waals surface area contributed by atoms with Gasteiger partial charge in [-0.05, 0) is 6.07 Å². The maximum atomic E-state index is 12.6. The fraction of sp³-hybridized carbons (Fsp3) is 0.111. The molecule has 0 aliphatic carbocycles. The van der Waals surface area contributed by atoms with Gasteiger partial charge in [0.15, 0.2) is 0 Å². The van der Waals surface area contributed by atoms with Crippen LogP contribution in [0.4, 0.5) is 18.0 Å². The zero-order chi connectivity index (χ0) is 11.9. The lowest BCUT2D eigenvalue weighted by molar-refractivity contribution is -0.136. The van der Waals surface area contributed by atoms with E-state index in [0.29, 0.717) is 6.20 Å². The van der Waals surface area contributed by atoms with Gasteiger partial charge in [-0.15, -0.1) is 0 Å². The SMILES string of the molecule is NC(=O)n1cc(C(F)(F)F)c2ccncc21. The molecule has 0 aliphatic rings. The van der Waals surface area contributed by atoms with E-state index in [9.17, 15) is 18.0 Å². The molecule has 0 aromatic carbocycles. The molecule has 0 spiro atoms. The Labute approximate surface area is 87.5 Å². The van der Waals surface area contributed by atoms with Crippen LogP contribution in [-0.2, 0) is 6.18 Å². The summed E-state index contributed by atoms with van der Waals surface area (Å²) in [6, 6.07) is 0.214. The molecule has 0 saturated heterocycles. The van der Waals surface area contributed by atoms with Crippen LogP contribution in [0.2, 0.25) is 0 Å². The fourth-order valence-corrected chi connectivity index (χ4v) is 1.48. The van der Waals surface area contributed by atoms with Gasteiger partial charge in [-0.1, -0.05) is 0 Å². The van der Waals surface area contributed by atoms with Gasteiger partial charge >= 0.3 is 12.2 Å². The lowest BCUT2D eigenvalue weighted by Crippen LogP contribution is -2.18. The van der Waals surface area contributed by atoms with E-state index in [2.05, 4.69) is 4.98 Å². The van der Waals surface area contributed by atoms with Crippen molar-refractivity contribution >= 4 is 16.9 Å². The molecular weight excluding hydrogens is 223 g/mol. The number of nitrogens with two attached hydrogens (primary N) is 1. The van der Waals surface area contributed by atoms with Gasteiger partial charge in [0.1, 0.15) is 0 Å². The van der Waals surface area contributed by atoms with E-state index in [1.54, 1.807) is 0 Å². The molecule has 2 N–H and O–H groups in total. The second kappa shape index (κ2) is 3.22. The van der Waals surface area contributed by atoms with Gasteiger partial charge in [0.25, 0.3) is 0 Å². The number of aromatic nitrogens is 2. The molecule has 0 radical (unpaired) electrons. The summed E-state index contributed by atoms with van der Waals surface area (Å²) in [4.78, 5) is 14.6. The van der Waals surface area contributed by atoms with E-state index in [-0.39, 0.29) is 10.9 Å². The van der Waals surface area contributed by atoms with Gasteiger partial charge in [0.05, 0.1) is 17.3 Å². The zero-order valence-corrected chi connectivity index (χ0v) is 7.82. The van der Waals surface area contributed by atoms with Gasteiger partial charge in [-0.2, -0.15) is 13.2 Å². The molecular formula is C9H6F3N3O. The van der Waals surface area contributed by atoms with Crippen LogP contribution in [0, 0.1) is 0 Å². The Kier molecular flexibility index (Phi) is 2.11. The molecule has 0 bridgehead atoms. The molecule has 0 unspecified atom stereocenters. The normalized spacial score (nSPS) is 11.9.